The Morgan fingerprint density at radius 2 is 1.81 bits per heavy atom. The predicted molar refractivity (Wildman–Crippen MR) is 130 cm³/mol. The Bertz CT molecular complexity index is 1280. The van der Waals surface area contributed by atoms with Crippen molar-refractivity contribution in [2.24, 2.45) is 5.92 Å². The zero-order chi connectivity index (χ0) is 24.9. The van der Waals surface area contributed by atoms with E-state index in [1.165, 1.54) is 11.6 Å². The van der Waals surface area contributed by atoms with Crippen LogP contribution < -0.4 is 9.80 Å². The number of hydrogen-bond acceptors (Lipinski definition) is 5. The lowest BCUT2D eigenvalue weighted by Crippen LogP contribution is -2.61. The van der Waals surface area contributed by atoms with Gasteiger partial charge in [0, 0.05) is 50.8 Å². The molecule has 1 aromatic heterocycles. The number of aromatic nitrogens is 2. The Kier molecular flexibility index (Phi) is 5.58. The third kappa shape index (κ3) is 4.06. The van der Waals surface area contributed by atoms with Crippen LogP contribution in [-0.4, -0.2) is 53.0 Å². The molecule has 3 aliphatic heterocycles. The number of alkyl halides is 3. The molecule has 3 aromatic rings. The molecule has 6 rings (SSSR count). The van der Waals surface area contributed by atoms with Gasteiger partial charge in [0.15, 0.2) is 0 Å². The van der Waals surface area contributed by atoms with Crippen LogP contribution in [0, 0.1) is 5.92 Å². The summed E-state index contributed by atoms with van der Waals surface area (Å²) in [5.41, 5.74) is 3.09. The first-order valence-corrected chi connectivity index (χ1v) is 12.2. The van der Waals surface area contributed by atoms with Crippen molar-refractivity contribution < 1.29 is 18.0 Å². The number of amides is 1. The standard InChI is InChI=1S/C27H26F3N5O/c28-27(29,30)21-5-6-23-20(13-21)14-22(26(36)34-10-7-18-3-1-2-4-19(18)16-34)24-17-33(11-12-35(23)24)25-15-31-8-9-32-25/h1-6,8-9,13,15,22,24H,7,10-12,14,16-17H2. The number of carbonyl (C=O) groups excluding carboxylic acids is 1. The van der Waals surface area contributed by atoms with E-state index in [0.29, 0.717) is 38.3 Å². The Hall–Kier alpha value is -3.62. The van der Waals surface area contributed by atoms with Crippen molar-refractivity contribution in [2.75, 3.05) is 36.0 Å². The van der Waals surface area contributed by atoms with Gasteiger partial charge in [-0.05, 0) is 47.7 Å². The fraction of sp³-hybridized carbons (Fsp3) is 0.370. The van der Waals surface area contributed by atoms with Crippen molar-refractivity contribution in [1.29, 1.82) is 0 Å². The number of piperazine rings is 1. The van der Waals surface area contributed by atoms with Crippen LogP contribution in [0.1, 0.15) is 22.3 Å². The van der Waals surface area contributed by atoms with Gasteiger partial charge in [0.05, 0.1) is 23.7 Å². The monoisotopic (exact) mass is 493 g/mol. The van der Waals surface area contributed by atoms with Crippen molar-refractivity contribution >= 4 is 17.4 Å². The molecule has 1 amide bonds. The zero-order valence-electron chi connectivity index (χ0n) is 19.7. The quantitative estimate of drug-likeness (QED) is 0.541. The first kappa shape index (κ1) is 22.8. The van der Waals surface area contributed by atoms with Gasteiger partial charge in [0.1, 0.15) is 5.82 Å². The summed E-state index contributed by atoms with van der Waals surface area (Å²) < 4.78 is 40.5. The minimum atomic E-state index is -4.42. The van der Waals surface area contributed by atoms with Crippen molar-refractivity contribution in [3.8, 4) is 0 Å². The number of fused-ring (bicyclic) bond motifs is 4. The first-order chi connectivity index (χ1) is 17.4. The molecule has 1 saturated heterocycles. The zero-order valence-corrected chi connectivity index (χ0v) is 19.7. The van der Waals surface area contributed by atoms with Gasteiger partial charge in [0.2, 0.25) is 5.91 Å². The van der Waals surface area contributed by atoms with Gasteiger partial charge in [-0.15, -0.1) is 0 Å². The number of benzene rings is 2. The van der Waals surface area contributed by atoms with E-state index < -0.39 is 17.7 Å². The lowest BCUT2D eigenvalue weighted by Gasteiger charge is -2.50. The molecule has 1 fully saturated rings. The van der Waals surface area contributed by atoms with E-state index >= 15 is 0 Å². The molecule has 0 aliphatic carbocycles. The van der Waals surface area contributed by atoms with Crippen molar-refractivity contribution in [2.45, 2.75) is 31.6 Å². The van der Waals surface area contributed by atoms with Gasteiger partial charge in [0.25, 0.3) is 0 Å². The number of nitrogens with zero attached hydrogens (tertiary/aromatic N) is 5. The fourth-order valence-corrected chi connectivity index (χ4v) is 5.86. The highest BCUT2D eigenvalue weighted by Crippen LogP contribution is 2.41. The first-order valence-electron chi connectivity index (χ1n) is 12.2. The number of anilines is 2. The maximum atomic E-state index is 14.0. The molecule has 0 N–H and O–H groups in total. The van der Waals surface area contributed by atoms with Gasteiger partial charge in [-0.1, -0.05) is 24.3 Å². The van der Waals surface area contributed by atoms with Gasteiger partial charge in [-0.3, -0.25) is 9.78 Å². The third-order valence-electron chi connectivity index (χ3n) is 7.67. The molecule has 2 aromatic carbocycles. The maximum Gasteiger partial charge on any atom is 0.416 e. The second-order valence-corrected chi connectivity index (χ2v) is 9.70. The van der Waals surface area contributed by atoms with Crippen LogP contribution in [0.5, 0.6) is 0 Å². The van der Waals surface area contributed by atoms with Crippen molar-refractivity contribution in [1.82, 2.24) is 14.9 Å². The minimum absolute atomic E-state index is 0.00330. The molecular formula is C27H26F3N5O. The van der Waals surface area contributed by atoms with Gasteiger partial charge in [-0.25, -0.2) is 4.98 Å². The van der Waals surface area contributed by atoms with E-state index in [2.05, 4.69) is 25.8 Å². The Labute approximate surface area is 207 Å². The highest BCUT2D eigenvalue weighted by molar-refractivity contribution is 5.83. The maximum absolute atomic E-state index is 14.0. The summed E-state index contributed by atoms with van der Waals surface area (Å²) in [5, 5.41) is 0. The molecule has 2 atom stereocenters. The topological polar surface area (TPSA) is 52.6 Å². The average molecular weight is 494 g/mol. The van der Waals surface area contributed by atoms with Crippen molar-refractivity contribution in [3.63, 3.8) is 0 Å². The van der Waals surface area contributed by atoms with E-state index in [0.717, 1.165) is 29.6 Å². The molecule has 0 spiro atoms. The summed E-state index contributed by atoms with van der Waals surface area (Å²) in [7, 11) is 0. The van der Waals surface area contributed by atoms with Gasteiger partial charge >= 0.3 is 6.18 Å². The molecule has 186 valence electrons. The molecular weight excluding hydrogens is 467 g/mol. The Morgan fingerprint density at radius 3 is 2.58 bits per heavy atom. The van der Waals surface area contributed by atoms with E-state index in [1.54, 1.807) is 24.7 Å². The summed E-state index contributed by atoms with van der Waals surface area (Å²) >= 11 is 0. The van der Waals surface area contributed by atoms with Crippen LogP contribution in [0.2, 0.25) is 0 Å². The fourth-order valence-electron chi connectivity index (χ4n) is 5.86. The highest BCUT2D eigenvalue weighted by Gasteiger charge is 2.44. The van der Waals surface area contributed by atoms with E-state index in [4.69, 9.17) is 0 Å². The highest BCUT2D eigenvalue weighted by atomic mass is 19.4. The van der Waals surface area contributed by atoms with Crippen LogP contribution >= 0.6 is 0 Å². The van der Waals surface area contributed by atoms with Crippen LogP contribution in [0.15, 0.2) is 61.1 Å². The lowest BCUT2D eigenvalue weighted by atomic mass is 9.82. The van der Waals surface area contributed by atoms with E-state index in [1.807, 2.05) is 23.1 Å². The summed E-state index contributed by atoms with van der Waals surface area (Å²) in [6.07, 6.45) is 1.61. The summed E-state index contributed by atoms with van der Waals surface area (Å²) in [5.74, 6) is 0.294. The molecule has 6 nitrogen and oxygen atoms in total. The number of halogens is 3. The molecule has 0 saturated carbocycles. The molecule has 4 heterocycles. The molecule has 9 heteroatoms. The number of carbonyl (C=O) groups is 1. The van der Waals surface area contributed by atoms with E-state index in [9.17, 15) is 18.0 Å². The van der Waals surface area contributed by atoms with Crippen LogP contribution in [0.3, 0.4) is 0 Å². The average Bonchev–Trinajstić information content (AvgIpc) is 2.91. The van der Waals surface area contributed by atoms with Gasteiger partial charge in [-0.2, -0.15) is 13.2 Å². The second-order valence-electron chi connectivity index (χ2n) is 9.70. The molecule has 0 radical (unpaired) electrons. The Balaban J connectivity index is 1.34. The smallest absolute Gasteiger partial charge is 0.364 e. The predicted octanol–water partition coefficient (Wildman–Crippen LogP) is 3.95. The SMILES string of the molecule is O=C(C1Cc2cc(C(F)(F)F)ccc2N2CCN(c3cnccn3)CC12)N1CCc2ccccc2C1. The summed E-state index contributed by atoms with van der Waals surface area (Å²) in [6.45, 7) is 2.93. The number of rotatable bonds is 2. The minimum Gasteiger partial charge on any atom is -0.364 e. The molecule has 3 aliphatic rings. The number of hydrogen-bond donors (Lipinski definition) is 0. The van der Waals surface area contributed by atoms with Crippen molar-refractivity contribution in [3.05, 3.63) is 83.3 Å². The Morgan fingerprint density at radius 1 is 0.972 bits per heavy atom. The normalized spacial score (nSPS) is 21.5. The van der Waals surface area contributed by atoms with E-state index in [-0.39, 0.29) is 18.4 Å². The van der Waals surface area contributed by atoms with Crippen LogP contribution in [0.25, 0.3) is 0 Å². The van der Waals surface area contributed by atoms with Crippen LogP contribution in [-0.2, 0) is 30.4 Å². The summed E-state index contributed by atoms with van der Waals surface area (Å²) in [6, 6.07) is 11.9. The molecule has 36 heavy (non-hydrogen) atoms. The second kappa shape index (κ2) is 8.80. The van der Waals surface area contributed by atoms with Crippen LogP contribution in [0.4, 0.5) is 24.7 Å². The molecule has 2 unspecified atom stereocenters. The summed E-state index contributed by atoms with van der Waals surface area (Å²) in [4.78, 5) is 28.7. The largest absolute Gasteiger partial charge is 0.416 e. The van der Waals surface area contributed by atoms with Gasteiger partial charge < -0.3 is 14.7 Å². The molecule has 0 bridgehead atoms. The lowest BCUT2D eigenvalue weighted by molar-refractivity contribution is -0.137. The third-order valence-corrected chi connectivity index (χ3v) is 7.67.